The van der Waals surface area contributed by atoms with E-state index >= 15 is 0 Å². The van der Waals surface area contributed by atoms with Crippen LogP contribution in [0.25, 0.3) is 11.1 Å². The zero-order chi connectivity index (χ0) is 15.2. The summed E-state index contributed by atoms with van der Waals surface area (Å²) in [4.78, 5) is 13.2. The van der Waals surface area contributed by atoms with Crippen LogP contribution in [0.3, 0.4) is 0 Å². The molecule has 2 nitrogen and oxygen atoms in total. The van der Waals surface area contributed by atoms with Gasteiger partial charge in [-0.3, -0.25) is 4.79 Å². The van der Waals surface area contributed by atoms with Gasteiger partial charge in [-0.2, -0.15) is 0 Å². The van der Waals surface area contributed by atoms with Crippen molar-refractivity contribution in [3.63, 3.8) is 0 Å². The van der Waals surface area contributed by atoms with E-state index in [-0.39, 0.29) is 11.3 Å². The monoisotopic (exact) mass is 301 g/mol. The molecule has 0 aliphatic rings. The maximum absolute atomic E-state index is 11.6. The SMILES string of the molecule is CN(C)C(=O)CCC(Cl)c1ccc(-c2ccccc2)cc1. The molecule has 0 fully saturated rings. The Morgan fingerprint density at radius 2 is 1.57 bits per heavy atom. The number of carbonyl (C=O) groups is 1. The Kier molecular flexibility index (Phi) is 5.40. The van der Waals surface area contributed by atoms with Gasteiger partial charge in [-0.15, -0.1) is 11.6 Å². The molecule has 0 radical (unpaired) electrons. The maximum Gasteiger partial charge on any atom is 0.222 e. The number of hydrogen-bond acceptors (Lipinski definition) is 1. The average molecular weight is 302 g/mol. The molecular weight excluding hydrogens is 282 g/mol. The average Bonchev–Trinajstić information content (AvgIpc) is 2.53. The van der Waals surface area contributed by atoms with Gasteiger partial charge in [-0.1, -0.05) is 54.6 Å². The highest BCUT2D eigenvalue weighted by molar-refractivity contribution is 6.20. The molecule has 0 aliphatic heterocycles. The predicted molar refractivity (Wildman–Crippen MR) is 88.4 cm³/mol. The highest BCUT2D eigenvalue weighted by Crippen LogP contribution is 2.28. The lowest BCUT2D eigenvalue weighted by Crippen LogP contribution is -2.21. The van der Waals surface area contributed by atoms with Crippen LogP contribution in [0.15, 0.2) is 54.6 Å². The van der Waals surface area contributed by atoms with Crippen LogP contribution in [0, 0.1) is 0 Å². The Labute approximate surface area is 131 Å². The molecule has 0 aromatic heterocycles. The first-order valence-corrected chi connectivity index (χ1v) is 7.51. The van der Waals surface area contributed by atoms with Crippen LogP contribution in [0.2, 0.25) is 0 Å². The molecule has 2 aromatic carbocycles. The van der Waals surface area contributed by atoms with Gasteiger partial charge < -0.3 is 4.90 Å². The number of hydrogen-bond donors (Lipinski definition) is 0. The lowest BCUT2D eigenvalue weighted by molar-refractivity contribution is -0.128. The van der Waals surface area contributed by atoms with Gasteiger partial charge in [-0.25, -0.2) is 0 Å². The Morgan fingerprint density at radius 1 is 1.00 bits per heavy atom. The van der Waals surface area contributed by atoms with E-state index in [1.807, 2.05) is 30.3 Å². The smallest absolute Gasteiger partial charge is 0.222 e. The van der Waals surface area contributed by atoms with Crippen molar-refractivity contribution in [3.8, 4) is 11.1 Å². The zero-order valence-corrected chi connectivity index (χ0v) is 13.2. The molecule has 0 saturated heterocycles. The van der Waals surface area contributed by atoms with Crippen LogP contribution in [-0.4, -0.2) is 24.9 Å². The van der Waals surface area contributed by atoms with Crippen molar-refractivity contribution >= 4 is 17.5 Å². The fourth-order valence-electron chi connectivity index (χ4n) is 2.16. The standard InChI is InChI=1S/C18H20ClNO/c1-20(2)18(21)13-12-17(19)16-10-8-15(9-11-16)14-6-4-3-5-7-14/h3-11,17H,12-13H2,1-2H3. The largest absolute Gasteiger partial charge is 0.349 e. The summed E-state index contributed by atoms with van der Waals surface area (Å²) in [5.74, 6) is 0.113. The molecule has 0 spiro atoms. The number of alkyl halides is 1. The zero-order valence-electron chi connectivity index (χ0n) is 12.4. The van der Waals surface area contributed by atoms with Crippen molar-refractivity contribution in [2.24, 2.45) is 0 Å². The molecule has 1 atom stereocenters. The summed E-state index contributed by atoms with van der Waals surface area (Å²) in [5.41, 5.74) is 3.42. The minimum Gasteiger partial charge on any atom is -0.349 e. The molecule has 0 bridgehead atoms. The fourth-order valence-corrected chi connectivity index (χ4v) is 2.41. The Bertz CT molecular complexity index is 578. The highest BCUT2D eigenvalue weighted by atomic mass is 35.5. The molecule has 1 unspecified atom stereocenters. The predicted octanol–water partition coefficient (Wildman–Crippen LogP) is 4.50. The van der Waals surface area contributed by atoms with Gasteiger partial charge >= 0.3 is 0 Å². The van der Waals surface area contributed by atoms with E-state index in [1.165, 1.54) is 11.1 Å². The van der Waals surface area contributed by atoms with E-state index < -0.39 is 0 Å². The number of nitrogens with zero attached hydrogens (tertiary/aromatic N) is 1. The molecule has 1 amide bonds. The minimum atomic E-state index is -0.126. The van der Waals surface area contributed by atoms with Gasteiger partial charge in [0.25, 0.3) is 0 Å². The molecule has 2 rings (SSSR count). The van der Waals surface area contributed by atoms with Gasteiger partial charge in [0.1, 0.15) is 0 Å². The summed E-state index contributed by atoms with van der Waals surface area (Å²) in [6, 6.07) is 18.5. The number of halogens is 1. The normalized spacial score (nSPS) is 12.0. The first kappa shape index (κ1) is 15.6. The van der Waals surface area contributed by atoms with Gasteiger partial charge in [0.2, 0.25) is 5.91 Å². The van der Waals surface area contributed by atoms with Crippen molar-refractivity contribution in [2.75, 3.05) is 14.1 Å². The molecule has 3 heteroatoms. The van der Waals surface area contributed by atoms with E-state index in [1.54, 1.807) is 19.0 Å². The second-order valence-corrected chi connectivity index (χ2v) is 5.81. The number of carbonyl (C=O) groups excluding carboxylic acids is 1. The number of rotatable bonds is 5. The summed E-state index contributed by atoms with van der Waals surface area (Å²) in [7, 11) is 3.53. The molecule has 2 aromatic rings. The summed E-state index contributed by atoms with van der Waals surface area (Å²) in [5, 5.41) is -0.126. The Hall–Kier alpha value is -1.80. The lowest BCUT2D eigenvalue weighted by Gasteiger charge is -2.13. The van der Waals surface area contributed by atoms with Crippen molar-refractivity contribution in [1.29, 1.82) is 0 Å². The van der Waals surface area contributed by atoms with Crippen LogP contribution in [0.1, 0.15) is 23.8 Å². The first-order valence-electron chi connectivity index (χ1n) is 7.07. The summed E-state index contributed by atoms with van der Waals surface area (Å²) < 4.78 is 0. The van der Waals surface area contributed by atoms with E-state index in [0.29, 0.717) is 12.8 Å². The van der Waals surface area contributed by atoms with E-state index in [2.05, 4.69) is 24.3 Å². The van der Waals surface area contributed by atoms with Crippen LogP contribution >= 0.6 is 11.6 Å². The van der Waals surface area contributed by atoms with E-state index in [9.17, 15) is 4.79 Å². The summed E-state index contributed by atoms with van der Waals surface area (Å²) in [6.07, 6.45) is 1.13. The molecule has 0 saturated carbocycles. The fraction of sp³-hybridized carbons (Fsp3) is 0.278. The molecular formula is C18H20ClNO. The lowest BCUT2D eigenvalue weighted by atomic mass is 10.0. The quantitative estimate of drug-likeness (QED) is 0.745. The van der Waals surface area contributed by atoms with Gasteiger partial charge in [0.15, 0.2) is 0 Å². The second kappa shape index (κ2) is 7.28. The Balaban J connectivity index is 2.00. The van der Waals surface area contributed by atoms with E-state index in [4.69, 9.17) is 11.6 Å². The van der Waals surface area contributed by atoms with Crippen molar-refractivity contribution in [2.45, 2.75) is 18.2 Å². The van der Waals surface area contributed by atoms with Gasteiger partial charge in [0.05, 0.1) is 5.38 Å². The van der Waals surface area contributed by atoms with Crippen LogP contribution in [0.4, 0.5) is 0 Å². The third kappa shape index (κ3) is 4.33. The molecule has 21 heavy (non-hydrogen) atoms. The topological polar surface area (TPSA) is 20.3 Å². The summed E-state index contributed by atoms with van der Waals surface area (Å²) in [6.45, 7) is 0. The van der Waals surface area contributed by atoms with Crippen molar-refractivity contribution in [3.05, 3.63) is 60.2 Å². The van der Waals surface area contributed by atoms with Gasteiger partial charge in [0, 0.05) is 20.5 Å². The van der Waals surface area contributed by atoms with Gasteiger partial charge in [-0.05, 0) is 23.1 Å². The van der Waals surface area contributed by atoms with E-state index in [0.717, 1.165) is 5.56 Å². The molecule has 0 aliphatic carbocycles. The number of amides is 1. The highest BCUT2D eigenvalue weighted by Gasteiger charge is 2.12. The summed E-state index contributed by atoms with van der Waals surface area (Å²) >= 11 is 6.38. The third-order valence-electron chi connectivity index (χ3n) is 3.49. The molecule has 0 heterocycles. The van der Waals surface area contributed by atoms with Crippen LogP contribution < -0.4 is 0 Å². The molecule has 0 N–H and O–H groups in total. The number of benzene rings is 2. The molecule has 110 valence electrons. The van der Waals surface area contributed by atoms with Crippen LogP contribution in [-0.2, 0) is 4.79 Å². The Morgan fingerprint density at radius 3 is 2.14 bits per heavy atom. The maximum atomic E-state index is 11.6. The van der Waals surface area contributed by atoms with Crippen molar-refractivity contribution < 1.29 is 4.79 Å². The minimum absolute atomic E-state index is 0.113. The first-order chi connectivity index (χ1) is 10.1. The second-order valence-electron chi connectivity index (χ2n) is 5.28. The van der Waals surface area contributed by atoms with Crippen molar-refractivity contribution in [1.82, 2.24) is 4.90 Å². The van der Waals surface area contributed by atoms with Crippen LogP contribution in [0.5, 0.6) is 0 Å². The third-order valence-corrected chi connectivity index (χ3v) is 3.96.